The Morgan fingerprint density at radius 3 is 2.78 bits per heavy atom. The van der Waals surface area contributed by atoms with Crippen LogP contribution in [0.3, 0.4) is 0 Å². The first kappa shape index (κ1) is 17.8. The quantitative estimate of drug-likeness (QED) is 0.699. The highest BCUT2D eigenvalue weighted by Gasteiger charge is 2.37. The Hall–Kier alpha value is -2.60. The summed E-state index contributed by atoms with van der Waals surface area (Å²) >= 11 is 1.62. The lowest BCUT2D eigenvalue weighted by atomic mass is 10.0. The summed E-state index contributed by atoms with van der Waals surface area (Å²) in [5.74, 6) is 0.0859. The molecule has 1 aliphatic rings. The molecule has 0 saturated carbocycles. The second kappa shape index (κ2) is 6.85. The van der Waals surface area contributed by atoms with E-state index in [4.69, 9.17) is 0 Å². The summed E-state index contributed by atoms with van der Waals surface area (Å²) in [4.78, 5) is 19.8. The number of aryl methyl sites for hydroxylation is 1. The minimum atomic E-state index is -0.192. The first-order valence-corrected chi connectivity index (χ1v) is 10.2. The molecule has 0 aliphatic carbocycles. The van der Waals surface area contributed by atoms with E-state index in [-0.39, 0.29) is 18.1 Å². The number of thiazole rings is 1. The lowest BCUT2D eigenvalue weighted by molar-refractivity contribution is 0.0593. The largest absolute Gasteiger partial charge is 0.361 e. The van der Waals surface area contributed by atoms with Crippen molar-refractivity contribution < 1.29 is 4.79 Å². The molecule has 3 heterocycles. The number of para-hydroxylation sites is 1. The molecule has 5 nitrogen and oxygen atoms in total. The number of aromatic nitrogens is 2. The van der Waals surface area contributed by atoms with Crippen molar-refractivity contribution >= 4 is 22.9 Å². The van der Waals surface area contributed by atoms with E-state index in [2.05, 4.69) is 48.6 Å². The van der Waals surface area contributed by atoms with Crippen LogP contribution < -0.4 is 5.32 Å². The van der Waals surface area contributed by atoms with E-state index in [1.165, 1.54) is 0 Å². The molecule has 0 spiro atoms. The van der Waals surface area contributed by atoms with Crippen molar-refractivity contribution in [3.05, 3.63) is 64.4 Å². The number of anilines is 1. The Morgan fingerprint density at radius 1 is 1.30 bits per heavy atom. The first-order valence-electron chi connectivity index (χ1n) is 9.29. The number of nitrogens with one attached hydrogen (secondary N) is 1. The van der Waals surface area contributed by atoms with Gasteiger partial charge in [0.05, 0.1) is 5.56 Å². The molecule has 4 rings (SSSR count). The molecule has 1 aliphatic heterocycles. The normalized spacial score (nSPS) is 17.6. The van der Waals surface area contributed by atoms with Gasteiger partial charge >= 0.3 is 0 Å². The fraction of sp³-hybridized carbons (Fsp3) is 0.333. The van der Waals surface area contributed by atoms with Crippen molar-refractivity contribution in [2.24, 2.45) is 0 Å². The fourth-order valence-corrected chi connectivity index (χ4v) is 4.58. The molecule has 0 unspecified atom stereocenters. The second-order valence-corrected chi connectivity index (χ2v) is 7.91. The number of benzene rings is 1. The number of carbonyl (C=O) groups is 1. The molecule has 140 valence electrons. The van der Waals surface area contributed by atoms with E-state index in [1.54, 1.807) is 11.3 Å². The number of carbonyl (C=O) groups excluding carboxylic acids is 1. The summed E-state index contributed by atoms with van der Waals surface area (Å²) in [6, 6.07) is 10.1. The molecule has 2 atom stereocenters. The zero-order chi connectivity index (χ0) is 19.1. The lowest BCUT2D eigenvalue weighted by Crippen LogP contribution is -2.47. The molecule has 0 radical (unpaired) electrons. The minimum Gasteiger partial charge on any atom is -0.361 e. The van der Waals surface area contributed by atoms with Crippen LogP contribution in [0.25, 0.3) is 5.13 Å². The number of rotatable bonds is 4. The summed E-state index contributed by atoms with van der Waals surface area (Å²) < 4.78 is 2.17. The Kier molecular flexibility index (Phi) is 4.52. The van der Waals surface area contributed by atoms with Crippen molar-refractivity contribution in [2.45, 2.75) is 46.3 Å². The summed E-state index contributed by atoms with van der Waals surface area (Å²) in [6.45, 7) is 8.42. The molecule has 3 aromatic rings. The van der Waals surface area contributed by atoms with Gasteiger partial charge in [-0.2, -0.15) is 0 Å². The lowest BCUT2D eigenvalue weighted by Gasteiger charge is -2.41. The van der Waals surface area contributed by atoms with Crippen molar-refractivity contribution in [1.82, 2.24) is 14.5 Å². The van der Waals surface area contributed by atoms with Gasteiger partial charge in [0.25, 0.3) is 5.91 Å². The van der Waals surface area contributed by atoms with Crippen molar-refractivity contribution in [2.75, 3.05) is 5.32 Å². The van der Waals surface area contributed by atoms with E-state index >= 15 is 0 Å². The Bertz CT molecular complexity index is 976. The van der Waals surface area contributed by atoms with Crippen LogP contribution in [-0.4, -0.2) is 26.4 Å². The zero-order valence-corrected chi connectivity index (χ0v) is 16.9. The number of nitrogens with zero attached hydrogens (tertiary/aromatic N) is 3. The van der Waals surface area contributed by atoms with Crippen LogP contribution in [0.4, 0.5) is 5.69 Å². The summed E-state index contributed by atoms with van der Waals surface area (Å²) in [6.07, 6.45) is 2.53. The first-order chi connectivity index (χ1) is 13.0. The van der Waals surface area contributed by atoms with Gasteiger partial charge in [0.1, 0.15) is 6.17 Å². The molecule has 27 heavy (non-hydrogen) atoms. The van der Waals surface area contributed by atoms with Gasteiger partial charge in [-0.25, -0.2) is 4.98 Å². The van der Waals surface area contributed by atoms with Crippen molar-refractivity contribution in [3.8, 4) is 5.13 Å². The molecule has 0 fully saturated rings. The van der Waals surface area contributed by atoms with Gasteiger partial charge in [0.2, 0.25) is 0 Å². The third kappa shape index (κ3) is 2.84. The molecular formula is C21H24N4OS. The van der Waals surface area contributed by atoms with Crippen LogP contribution in [0.2, 0.25) is 0 Å². The van der Waals surface area contributed by atoms with Gasteiger partial charge in [-0.05, 0) is 45.4 Å². The molecule has 6 heteroatoms. The SMILES string of the molecule is CC[C@H](C)N1C(=O)c2ccccc2N[C@H]1c1cc(C)n(-c2nccs2)c1C. The van der Waals surface area contributed by atoms with E-state index in [0.717, 1.165) is 39.8 Å². The predicted molar refractivity (Wildman–Crippen MR) is 110 cm³/mol. The smallest absolute Gasteiger partial charge is 0.258 e. The van der Waals surface area contributed by atoms with Crippen molar-refractivity contribution in [1.29, 1.82) is 0 Å². The van der Waals surface area contributed by atoms with Crippen molar-refractivity contribution in [3.63, 3.8) is 0 Å². The second-order valence-electron chi connectivity index (χ2n) is 7.04. The zero-order valence-electron chi connectivity index (χ0n) is 16.1. The number of fused-ring (bicyclic) bond motifs is 1. The van der Waals surface area contributed by atoms with Crippen LogP contribution in [0, 0.1) is 13.8 Å². The highest BCUT2D eigenvalue weighted by atomic mass is 32.1. The van der Waals surface area contributed by atoms with Gasteiger partial charge < -0.3 is 10.2 Å². The van der Waals surface area contributed by atoms with Gasteiger partial charge in [0.15, 0.2) is 5.13 Å². The molecular weight excluding hydrogens is 356 g/mol. The van der Waals surface area contributed by atoms with Crippen LogP contribution in [-0.2, 0) is 0 Å². The van der Waals surface area contributed by atoms with Crippen LogP contribution in [0.5, 0.6) is 0 Å². The predicted octanol–water partition coefficient (Wildman–Crippen LogP) is 4.92. The van der Waals surface area contributed by atoms with Crippen LogP contribution in [0.15, 0.2) is 41.9 Å². The van der Waals surface area contributed by atoms with Crippen LogP contribution in [0.1, 0.15) is 53.7 Å². The average Bonchev–Trinajstić information content (AvgIpc) is 3.28. The van der Waals surface area contributed by atoms with Gasteiger partial charge in [-0.1, -0.05) is 19.1 Å². The topological polar surface area (TPSA) is 50.2 Å². The molecule has 0 saturated heterocycles. The monoisotopic (exact) mass is 380 g/mol. The third-order valence-corrected chi connectivity index (χ3v) is 6.16. The Labute approximate surface area is 163 Å². The maximum Gasteiger partial charge on any atom is 0.258 e. The number of hydrogen-bond donors (Lipinski definition) is 1. The van der Waals surface area contributed by atoms with E-state index in [0.29, 0.717) is 0 Å². The van der Waals surface area contributed by atoms with Crippen LogP contribution >= 0.6 is 11.3 Å². The average molecular weight is 381 g/mol. The Morgan fingerprint density at radius 2 is 2.07 bits per heavy atom. The highest BCUT2D eigenvalue weighted by Crippen LogP contribution is 2.37. The van der Waals surface area contributed by atoms with E-state index in [9.17, 15) is 4.79 Å². The summed E-state index contributed by atoms with van der Waals surface area (Å²) in [7, 11) is 0. The standard InChI is InChI=1S/C21H24N4OS/c1-5-13(2)25-19(23-18-9-7-6-8-16(18)20(25)26)17-12-14(3)24(15(17)4)21-22-10-11-27-21/h6-13,19,23H,5H2,1-4H3/t13-,19+/m0/s1. The highest BCUT2D eigenvalue weighted by molar-refractivity contribution is 7.12. The summed E-state index contributed by atoms with van der Waals surface area (Å²) in [5, 5.41) is 6.55. The summed E-state index contributed by atoms with van der Waals surface area (Å²) in [5.41, 5.74) is 4.98. The third-order valence-electron chi connectivity index (χ3n) is 5.40. The van der Waals surface area contributed by atoms with Gasteiger partial charge in [-0.3, -0.25) is 9.36 Å². The van der Waals surface area contributed by atoms with Gasteiger partial charge in [-0.15, -0.1) is 11.3 Å². The molecule has 1 N–H and O–H groups in total. The fourth-order valence-electron chi connectivity index (χ4n) is 3.83. The van der Waals surface area contributed by atoms with Gasteiger partial charge in [0, 0.05) is 40.3 Å². The van der Waals surface area contributed by atoms with E-state index in [1.807, 2.05) is 40.7 Å². The van der Waals surface area contributed by atoms with E-state index < -0.39 is 0 Å². The maximum absolute atomic E-state index is 13.3. The Balaban J connectivity index is 1.85. The molecule has 1 aromatic carbocycles. The molecule has 1 amide bonds. The number of hydrogen-bond acceptors (Lipinski definition) is 4. The number of amides is 1. The molecule has 0 bridgehead atoms. The molecule has 2 aromatic heterocycles. The minimum absolute atomic E-state index is 0.0859. The maximum atomic E-state index is 13.3.